The van der Waals surface area contributed by atoms with E-state index >= 15 is 0 Å². The maximum atomic E-state index is 6.40. The smallest absolute Gasteiger partial charge is 0.144 e. The van der Waals surface area contributed by atoms with Crippen molar-refractivity contribution in [3.63, 3.8) is 0 Å². The Hall–Kier alpha value is -3.04. The van der Waals surface area contributed by atoms with Gasteiger partial charge < -0.3 is 10.5 Å². The maximum absolute atomic E-state index is 6.40. The summed E-state index contributed by atoms with van der Waals surface area (Å²) in [6, 6.07) is 32.8. The Labute approximate surface area is 173 Å². The monoisotopic (exact) mass is 429 g/mol. The van der Waals surface area contributed by atoms with Crippen molar-refractivity contribution in [2.45, 2.75) is 6.61 Å². The predicted molar refractivity (Wildman–Crippen MR) is 120 cm³/mol. The highest BCUT2D eigenvalue weighted by Gasteiger charge is 2.11. The molecule has 0 unspecified atom stereocenters. The third kappa shape index (κ3) is 4.10. The first-order valence-electron chi connectivity index (χ1n) is 9.12. The topological polar surface area (TPSA) is 35.2 Å². The lowest BCUT2D eigenvalue weighted by atomic mass is 10.0. The first-order valence-corrected chi connectivity index (χ1v) is 9.91. The van der Waals surface area contributed by atoms with Gasteiger partial charge in [0.25, 0.3) is 0 Å². The Bertz CT molecular complexity index is 1060. The quantitative estimate of drug-likeness (QED) is 0.348. The van der Waals surface area contributed by atoms with Gasteiger partial charge in [-0.25, -0.2) is 0 Å². The Morgan fingerprint density at radius 1 is 0.679 bits per heavy atom. The molecule has 4 aromatic rings. The lowest BCUT2D eigenvalue weighted by Gasteiger charge is -2.14. The molecule has 0 saturated carbocycles. The lowest BCUT2D eigenvalue weighted by molar-refractivity contribution is 0.308. The maximum Gasteiger partial charge on any atom is 0.144 e. The summed E-state index contributed by atoms with van der Waals surface area (Å²) in [6.07, 6.45) is 0. The molecular weight excluding hydrogens is 410 g/mol. The molecule has 0 aliphatic rings. The van der Waals surface area contributed by atoms with Gasteiger partial charge in [-0.3, -0.25) is 0 Å². The fourth-order valence-corrected chi connectivity index (χ4v) is 3.59. The largest absolute Gasteiger partial charge is 0.487 e. The second-order valence-corrected chi connectivity index (χ2v) is 7.50. The fraction of sp³-hybridized carbons (Fsp3) is 0.0400. The summed E-state index contributed by atoms with van der Waals surface area (Å²) in [4.78, 5) is 0. The molecule has 0 bridgehead atoms. The van der Waals surface area contributed by atoms with Crippen molar-refractivity contribution in [2.24, 2.45) is 0 Å². The minimum absolute atomic E-state index is 0.462. The van der Waals surface area contributed by atoms with Crippen molar-refractivity contribution < 1.29 is 4.74 Å². The first-order chi connectivity index (χ1) is 13.7. The van der Waals surface area contributed by atoms with Crippen LogP contribution in [0.2, 0.25) is 0 Å². The van der Waals surface area contributed by atoms with Gasteiger partial charge in [0, 0.05) is 10.0 Å². The third-order valence-corrected chi connectivity index (χ3v) is 5.10. The van der Waals surface area contributed by atoms with Crippen LogP contribution in [0.3, 0.4) is 0 Å². The minimum atomic E-state index is 0.462. The molecule has 4 rings (SSSR count). The van der Waals surface area contributed by atoms with Gasteiger partial charge in [0.2, 0.25) is 0 Å². The number of benzene rings is 4. The molecule has 0 heterocycles. The van der Waals surface area contributed by atoms with Crippen LogP contribution in [0.5, 0.6) is 5.75 Å². The molecule has 0 aliphatic heterocycles. The number of nitrogen functional groups attached to an aromatic ring is 1. The number of nitrogens with two attached hydrogens (primary N) is 1. The summed E-state index contributed by atoms with van der Waals surface area (Å²) >= 11 is 3.57. The molecule has 4 aromatic carbocycles. The first kappa shape index (κ1) is 18.3. The van der Waals surface area contributed by atoms with Crippen molar-refractivity contribution in [2.75, 3.05) is 5.73 Å². The van der Waals surface area contributed by atoms with Crippen LogP contribution >= 0.6 is 15.9 Å². The molecule has 0 amide bonds. The van der Waals surface area contributed by atoms with Crippen LogP contribution < -0.4 is 10.5 Å². The van der Waals surface area contributed by atoms with Crippen LogP contribution in [0, 0.1) is 0 Å². The van der Waals surface area contributed by atoms with Crippen LogP contribution in [0.25, 0.3) is 22.3 Å². The van der Waals surface area contributed by atoms with E-state index in [2.05, 4.69) is 52.3 Å². The molecule has 0 saturated heterocycles. The zero-order valence-corrected chi connectivity index (χ0v) is 16.9. The average Bonchev–Trinajstić information content (AvgIpc) is 2.76. The zero-order chi connectivity index (χ0) is 19.3. The van der Waals surface area contributed by atoms with E-state index in [0.29, 0.717) is 18.0 Å². The van der Waals surface area contributed by atoms with Crippen LogP contribution in [0.4, 0.5) is 5.69 Å². The van der Waals surface area contributed by atoms with Crippen LogP contribution in [-0.4, -0.2) is 0 Å². The van der Waals surface area contributed by atoms with E-state index in [1.807, 2.05) is 60.7 Å². The number of ether oxygens (including phenoxy) is 1. The van der Waals surface area contributed by atoms with E-state index in [1.165, 1.54) is 11.1 Å². The van der Waals surface area contributed by atoms with Gasteiger partial charge in [0.1, 0.15) is 12.4 Å². The molecule has 2 nitrogen and oxygen atoms in total. The predicted octanol–water partition coefficient (Wildman–Crippen LogP) is 6.94. The standard InChI is InChI=1S/C25H20BrNO/c26-22-15-23(21-9-5-2-6-10-21)25(27)24(16-22)28-17-18-11-13-20(14-12-18)19-7-3-1-4-8-19/h1-16H,17,27H2. The molecule has 0 fully saturated rings. The van der Waals surface area contributed by atoms with Crippen molar-refractivity contribution in [3.05, 3.63) is 107 Å². The van der Waals surface area contributed by atoms with E-state index in [1.54, 1.807) is 0 Å². The van der Waals surface area contributed by atoms with Gasteiger partial charge in [0.15, 0.2) is 0 Å². The number of halogens is 1. The summed E-state index contributed by atoms with van der Waals surface area (Å²) in [5.41, 5.74) is 12.6. The normalized spacial score (nSPS) is 10.6. The van der Waals surface area contributed by atoms with Gasteiger partial charge in [0.05, 0.1) is 5.69 Å². The highest BCUT2D eigenvalue weighted by Crippen LogP contribution is 2.37. The minimum Gasteiger partial charge on any atom is -0.487 e. The van der Waals surface area contributed by atoms with E-state index in [-0.39, 0.29) is 0 Å². The fourth-order valence-electron chi connectivity index (χ4n) is 3.15. The van der Waals surface area contributed by atoms with E-state index in [4.69, 9.17) is 10.5 Å². The van der Waals surface area contributed by atoms with Crippen molar-refractivity contribution in [1.82, 2.24) is 0 Å². The summed E-state index contributed by atoms with van der Waals surface area (Å²) < 4.78 is 7.00. The van der Waals surface area contributed by atoms with E-state index in [0.717, 1.165) is 21.2 Å². The Morgan fingerprint density at radius 3 is 1.89 bits per heavy atom. The second-order valence-electron chi connectivity index (χ2n) is 6.58. The molecule has 138 valence electrons. The highest BCUT2D eigenvalue weighted by molar-refractivity contribution is 9.10. The van der Waals surface area contributed by atoms with Gasteiger partial charge in [-0.15, -0.1) is 0 Å². The lowest BCUT2D eigenvalue weighted by Crippen LogP contribution is -2.00. The van der Waals surface area contributed by atoms with Crippen LogP contribution in [0.1, 0.15) is 5.56 Å². The molecule has 0 aromatic heterocycles. The second kappa shape index (κ2) is 8.32. The van der Waals surface area contributed by atoms with E-state index < -0.39 is 0 Å². The molecule has 0 atom stereocenters. The van der Waals surface area contributed by atoms with Gasteiger partial charge >= 0.3 is 0 Å². The molecule has 0 spiro atoms. The highest BCUT2D eigenvalue weighted by atomic mass is 79.9. The zero-order valence-electron chi connectivity index (χ0n) is 15.3. The molecule has 28 heavy (non-hydrogen) atoms. The molecular formula is C25H20BrNO. The van der Waals surface area contributed by atoms with E-state index in [9.17, 15) is 0 Å². The molecule has 0 aliphatic carbocycles. The number of anilines is 1. The van der Waals surface area contributed by atoms with Crippen LogP contribution in [0.15, 0.2) is 102 Å². The Kier molecular flexibility index (Phi) is 5.45. The molecule has 3 heteroatoms. The SMILES string of the molecule is Nc1c(OCc2ccc(-c3ccccc3)cc2)cc(Br)cc1-c1ccccc1. The van der Waals surface area contributed by atoms with Gasteiger partial charge in [-0.1, -0.05) is 101 Å². The Balaban J connectivity index is 1.53. The van der Waals surface area contributed by atoms with Crippen molar-refractivity contribution in [1.29, 1.82) is 0 Å². The molecule has 2 N–H and O–H groups in total. The average molecular weight is 430 g/mol. The summed E-state index contributed by atoms with van der Waals surface area (Å²) in [7, 11) is 0. The third-order valence-electron chi connectivity index (χ3n) is 4.65. The van der Waals surface area contributed by atoms with Crippen molar-refractivity contribution >= 4 is 21.6 Å². The van der Waals surface area contributed by atoms with Crippen molar-refractivity contribution in [3.8, 4) is 28.0 Å². The summed E-state index contributed by atoms with van der Waals surface area (Å²) in [5, 5.41) is 0. The number of rotatable bonds is 5. The van der Waals surface area contributed by atoms with Crippen LogP contribution in [-0.2, 0) is 6.61 Å². The number of hydrogen-bond acceptors (Lipinski definition) is 2. The summed E-state index contributed by atoms with van der Waals surface area (Å²) in [5.74, 6) is 0.681. The van der Waals surface area contributed by atoms with Gasteiger partial charge in [-0.2, -0.15) is 0 Å². The van der Waals surface area contributed by atoms with Gasteiger partial charge in [-0.05, 0) is 34.4 Å². The number of hydrogen-bond donors (Lipinski definition) is 1. The summed E-state index contributed by atoms with van der Waals surface area (Å²) in [6.45, 7) is 0.462. The molecule has 0 radical (unpaired) electrons. The Morgan fingerprint density at radius 2 is 1.25 bits per heavy atom.